The molecular formula is C13H23N3O2. The van der Waals surface area contributed by atoms with Crippen LogP contribution in [-0.4, -0.2) is 35.8 Å². The van der Waals surface area contributed by atoms with Gasteiger partial charge in [-0.05, 0) is 34.1 Å². The molecule has 0 saturated carbocycles. The van der Waals surface area contributed by atoms with Crippen molar-refractivity contribution in [1.82, 2.24) is 10.2 Å². The molecule has 0 heterocycles. The van der Waals surface area contributed by atoms with Gasteiger partial charge in [0, 0.05) is 13.1 Å². The van der Waals surface area contributed by atoms with Crippen molar-refractivity contribution in [3.63, 3.8) is 0 Å². The maximum atomic E-state index is 12.0. The largest absolute Gasteiger partial charge is 0.343 e. The smallest absolute Gasteiger partial charge is 0.244 e. The van der Waals surface area contributed by atoms with Crippen molar-refractivity contribution < 1.29 is 9.59 Å². The summed E-state index contributed by atoms with van der Waals surface area (Å²) in [4.78, 5) is 25.6. The third-order valence-corrected chi connectivity index (χ3v) is 3.25. The molecule has 5 heteroatoms. The molecule has 5 nitrogen and oxygen atoms in total. The highest BCUT2D eigenvalue weighted by Gasteiger charge is 2.33. The zero-order valence-electron chi connectivity index (χ0n) is 11.9. The quantitative estimate of drug-likeness (QED) is 0.775. The summed E-state index contributed by atoms with van der Waals surface area (Å²) in [7, 11) is 0. The average Bonchev–Trinajstić information content (AvgIpc) is 2.38. The predicted octanol–water partition coefficient (Wildman–Crippen LogP) is 1.30. The molecule has 18 heavy (non-hydrogen) atoms. The summed E-state index contributed by atoms with van der Waals surface area (Å²) in [5.41, 5.74) is -1.07. The van der Waals surface area contributed by atoms with Crippen LogP contribution in [0.2, 0.25) is 0 Å². The lowest BCUT2D eigenvalue weighted by Crippen LogP contribution is -2.50. The first-order valence-electron chi connectivity index (χ1n) is 6.37. The maximum Gasteiger partial charge on any atom is 0.244 e. The SMILES string of the molecule is CCN(CC)C(=O)C(C)NC(=O)C(C)(C#N)CC. The van der Waals surface area contributed by atoms with Gasteiger partial charge in [0.05, 0.1) is 6.07 Å². The van der Waals surface area contributed by atoms with Gasteiger partial charge in [0.25, 0.3) is 0 Å². The van der Waals surface area contributed by atoms with E-state index in [1.54, 1.807) is 25.7 Å². The molecule has 0 aromatic rings. The fourth-order valence-electron chi connectivity index (χ4n) is 1.52. The highest BCUT2D eigenvalue weighted by Crippen LogP contribution is 2.19. The minimum atomic E-state index is -1.07. The number of hydrogen-bond acceptors (Lipinski definition) is 3. The normalized spacial score (nSPS) is 15.1. The van der Waals surface area contributed by atoms with Crippen LogP contribution in [0.4, 0.5) is 0 Å². The zero-order valence-corrected chi connectivity index (χ0v) is 11.9. The topological polar surface area (TPSA) is 73.2 Å². The molecule has 0 aliphatic carbocycles. The number of nitrogens with one attached hydrogen (secondary N) is 1. The third-order valence-electron chi connectivity index (χ3n) is 3.25. The van der Waals surface area contributed by atoms with Crippen LogP contribution in [0.15, 0.2) is 0 Å². The van der Waals surface area contributed by atoms with Gasteiger partial charge in [-0.25, -0.2) is 0 Å². The van der Waals surface area contributed by atoms with E-state index in [-0.39, 0.29) is 11.8 Å². The summed E-state index contributed by atoms with van der Waals surface area (Å²) < 4.78 is 0. The molecule has 1 N–H and O–H groups in total. The van der Waals surface area contributed by atoms with Gasteiger partial charge in [0.1, 0.15) is 11.5 Å². The lowest BCUT2D eigenvalue weighted by atomic mass is 9.88. The third kappa shape index (κ3) is 3.73. The van der Waals surface area contributed by atoms with E-state index in [2.05, 4.69) is 5.32 Å². The fourth-order valence-corrected chi connectivity index (χ4v) is 1.52. The van der Waals surface area contributed by atoms with Crippen molar-refractivity contribution in [3.8, 4) is 6.07 Å². The van der Waals surface area contributed by atoms with Gasteiger partial charge in [-0.2, -0.15) is 5.26 Å². The van der Waals surface area contributed by atoms with Crippen molar-refractivity contribution in [2.24, 2.45) is 5.41 Å². The minimum absolute atomic E-state index is 0.121. The van der Waals surface area contributed by atoms with Crippen LogP contribution in [0.3, 0.4) is 0 Å². The molecule has 0 spiro atoms. The van der Waals surface area contributed by atoms with Gasteiger partial charge >= 0.3 is 0 Å². The molecule has 102 valence electrons. The van der Waals surface area contributed by atoms with Crippen LogP contribution in [-0.2, 0) is 9.59 Å². The molecule has 0 fully saturated rings. The number of likely N-dealkylation sites (N-methyl/N-ethyl adjacent to an activating group) is 1. The van der Waals surface area contributed by atoms with Gasteiger partial charge in [-0.1, -0.05) is 6.92 Å². The summed E-state index contributed by atoms with van der Waals surface area (Å²) >= 11 is 0. The molecule has 0 bridgehead atoms. The number of rotatable bonds is 6. The first kappa shape index (κ1) is 16.4. The van der Waals surface area contributed by atoms with Crippen molar-refractivity contribution in [3.05, 3.63) is 0 Å². The Labute approximate surface area is 109 Å². The van der Waals surface area contributed by atoms with Gasteiger partial charge in [-0.3, -0.25) is 9.59 Å². The second-order valence-electron chi connectivity index (χ2n) is 4.50. The van der Waals surface area contributed by atoms with E-state index in [1.807, 2.05) is 19.9 Å². The van der Waals surface area contributed by atoms with Crippen molar-refractivity contribution in [2.45, 2.75) is 47.1 Å². The van der Waals surface area contributed by atoms with E-state index in [0.717, 1.165) is 0 Å². The van der Waals surface area contributed by atoms with Crippen molar-refractivity contribution in [1.29, 1.82) is 5.26 Å². The number of hydrogen-bond donors (Lipinski definition) is 1. The van der Waals surface area contributed by atoms with Gasteiger partial charge in [0.2, 0.25) is 11.8 Å². The Morgan fingerprint density at radius 1 is 1.33 bits per heavy atom. The van der Waals surface area contributed by atoms with E-state index in [9.17, 15) is 9.59 Å². The van der Waals surface area contributed by atoms with Gasteiger partial charge < -0.3 is 10.2 Å². The summed E-state index contributed by atoms with van der Waals surface area (Å²) in [6.07, 6.45) is 0.418. The molecule has 2 amide bonds. The fraction of sp³-hybridized carbons (Fsp3) is 0.769. The Balaban J connectivity index is 4.68. The maximum absolute atomic E-state index is 12.0. The van der Waals surface area contributed by atoms with Crippen LogP contribution in [0, 0.1) is 16.7 Å². The Hall–Kier alpha value is -1.57. The molecule has 0 aromatic carbocycles. The van der Waals surface area contributed by atoms with Crippen LogP contribution in [0.5, 0.6) is 0 Å². The second-order valence-corrected chi connectivity index (χ2v) is 4.50. The monoisotopic (exact) mass is 253 g/mol. The van der Waals surface area contributed by atoms with E-state index in [4.69, 9.17) is 5.26 Å². The average molecular weight is 253 g/mol. The Morgan fingerprint density at radius 2 is 1.83 bits per heavy atom. The second kappa shape index (κ2) is 7.00. The standard InChI is InChI=1S/C13H23N3O2/c1-6-13(5,9-14)12(18)15-10(4)11(17)16(7-2)8-3/h10H,6-8H2,1-5H3,(H,15,18). The first-order valence-corrected chi connectivity index (χ1v) is 6.37. The van der Waals surface area contributed by atoms with E-state index in [1.165, 1.54) is 0 Å². The van der Waals surface area contributed by atoms with E-state index < -0.39 is 11.5 Å². The predicted molar refractivity (Wildman–Crippen MR) is 69.5 cm³/mol. The lowest BCUT2D eigenvalue weighted by Gasteiger charge is -2.26. The Morgan fingerprint density at radius 3 is 2.17 bits per heavy atom. The van der Waals surface area contributed by atoms with E-state index >= 15 is 0 Å². The summed E-state index contributed by atoms with van der Waals surface area (Å²) in [5.74, 6) is -0.509. The van der Waals surface area contributed by atoms with Crippen LogP contribution < -0.4 is 5.32 Å². The minimum Gasteiger partial charge on any atom is -0.343 e. The van der Waals surface area contributed by atoms with Crippen molar-refractivity contribution >= 4 is 11.8 Å². The molecule has 0 aromatic heterocycles. The molecule has 0 saturated heterocycles. The number of nitrogens with zero attached hydrogens (tertiary/aromatic N) is 2. The molecule has 0 aliphatic rings. The summed E-state index contributed by atoms with van der Waals surface area (Å²) in [5, 5.41) is 11.6. The molecule has 2 unspecified atom stereocenters. The molecule has 2 atom stereocenters. The highest BCUT2D eigenvalue weighted by atomic mass is 16.2. The number of carbonyl (C=O) groups is 2. The highest BCUT2D eigenvalue weighted by molar-refractivity contribution is 5.91. The van der Waals surface area contributed by atoms with Crippen LogP contribution >= 0.6 is 0 Å². The summed E-state index contributed by atoms with van der Waals surface area (Å²) in [6, 6.07) is 1.39. The Bertz CT molecular complexity index is 345. The number of carbonyl (C=O) groups excluding carboxylic acids is 2. The molecular weight excluding hydrogens is 230 g/mol. The first-order chi connectivity index (χ1) is 8.36. The lowest BCUT2D eigenvalue weighted by molar-refractivity contribution is -0.137. The Kier molecular flexibility index (Phi) is 6.39. The van der Waals surface area contributed by atoms with Crippen LogP contribution in [0.25, 0.3) is 0 Å². The van der Waals surface area contributed by atoms with Gasteiger partial charge in [-0.15, -0.1) is 0 Å². The van der Waals surface area contributed by atoms with Gasteiger partial charge in [0.15, 0.2) is 0 Å². The van der Waals surface area contributed by atoms with E-state index in [0.29, 0.717) is 19.5 Å². The molecule has 0 radical (unpaired) electrons. The molecule has 0 rings (SSSR count). The van der Waals surface area contributed by atoms with Crippen molar-refractivity contribution in [2.75, 3.05) is 13.1 Å². The zero-order chi connectivity index (χ0) is 14.3. The number of nitriles is 1. The summed E-state index contributed by atoms with van der Waals surface area (Å²) in [6.45, 7) is 10.0. The van der Waals surface area contributed by atoms with Crippen LogP contribution in [0.1, 0.15) is 41.0 Å². The molecule has 0 aliphatic heterocycles. The number of amides is 2.